The Bertz CT molecular complexity index is 1060. The maximum absolute atomic E-state index is 12.5. The van der Waals surface area contributed by atoms with Gasteiger partial charge in [-0.05, 0) is 30.7 Å². The van der Waals surface area contributed by atoms with Gasteiger partial charge in [-0.1, -0.05) is 22.9 Å². The van der Waals surface area contributed by atoms with Gasteiger partial charge in [0.05, 0.1) is 28.0 Å². The highest BCUT2D eigenvalue weighted by atomic mass is 79.9. The number of hydrogen-bond donors (Lipinski definition) is 2. The maximum Gasteiger partial charge on any atom is 0.293 e. The van der Waals surface area contributed by atoms with E-state index in [1.807, 2.05) is 13.0 Å². The molecule has 0 saturated heterocycles. The van der Waals surface area contributed by atoms with Crippen molar-refractivity contribution < 1.29 is 9.66 Å². The van der Waals surface area contributed by atoms with E-state index in [0.717, 1.165) is 17.0 Å². The van der Waals surface area contributed by atoms with Crippen LogP contribution in [0.15, 0.2) is 39.6 Å². The molecule has 26 heavy (non-hydrogen) atoms. The average Bonchev–Trinajstić information content (AvgIpc) is 2.59. The van der Waals surface area contributed by atoms with E-state index in [9.17, 15) is 14.9 Å². The molecule has 1 heterocycles. The number of ether oxygens (including phenoxy) is 1. The Morgan fingerprint density at radius 1 is 1.35 bits per heavy atom. The van der Waals surface area contributed by atoms with Crippen LogP contribution in [0.4, 0.5) is 11.4 Å². The largest absolute Gasteiger partial charge is 0.493 e. The van der Waals surface area contributed by atoms with Crippen LogP contribution in [0.25, 0.3) is 22.3 Å². The molecular weight excluding hydrogens is 404 g/mol. The summed E-state index contributed by atoms with van der Waals surface area (Å²) in [5.41, 5.74) is 5.72. The third kappa shape index (κ3) is 3.38. The minimum atomic E-state index is -0.632. The first kappa shape index (κ1) is 17.9. The van der Waals surface area contributed by atoms with Crippen LogP contribution in [0.3, 0.4) is 0 Å². The lowest BCUT2D eigenvalue weighted by Crippen LogP contribution is -2.11. The number of nitrogens with zero attached hydrogens (tertiary/aromatic N) is 2. The zero-order chi connectivity index (χ0) is 18.8. The van der Waals surface area contributed by atoms with E-state index in [1.165, 1.54) is 6.07 Å². The van der Waals surface area contributed by atoms with Crippen molar-refractivity contribution in [1.82, 2.24) is 9.97 Å². The molecule has 0 aliphatic rings. The van der Waals surface area contributed by atoms with Crippen molar-refractivity contribution in [3.8, 4) is 17.1 Å². The molecule has 1 aromatic heterocycles. The molecular formula is C17H15BrN4O4. The zero-order valence-corrected chi connectivity index (χ0v) is 15.4. The fourth-order valence-electron chi connectivity index (χ4n) is 2.50. The summed E-state index contributed by atoms with van der Waals surface area (Å²) < 4.78 is 6.52. The number of H-pyrrole nitrogens is 1. The smallest absolute Gasteiger partial charge is 0.293 e. The summed E-state index contributed by atoms with van der Waals surface area (Å²) in [6.07, 6.45) is 0.831. The van der Waals surface area contributed by atoms with E-state index >= 15 is 0 Å². The van der Waals surface area contributed by atoms with Gasteiger partial charge in [0, 0.05) is 10.5 Å². The van der Waals surface area contributed by atoms with Crippen LogP contribution in [0.1, 0.15) is 13.3 Å². The molecule has 0 amide bonds. The van der Waals surface area contributed by atoms with Gasteiger partial charge in [0.1, 0.15) is 17.3 Å². The van der Waals surface area contributed by atoms with E-state index in [-0.39, 0.29) is 22.3 Å². The van der Waals surface area contributed by atoms with Crippen molar-refractivity contribution in [1.29, 1.82) is 0 Å². The van der Waals surface area contributed by atoms with Gasteiger partial charge < -0.3 is 15.5 Å². The van der Waals surface area contributed by atoms with E-state index in [1.54, 1.807) is 12.1 Å². The van der Waals surface area contributed by atoms with Crippen LogP contribution < -0.4 is 16.0 Å². The molecule has 2 aromatic carbocycles. The average molecular weight is 419 g/mol. The molecule has 3 aromatic rings. The summed E-state index contributed by atoms with van der Waals surface area (Å²) >= 11 is 3.40. The fraction of sp³-hybridized carbons (Fsp3) is 0.176. The van der Waals surface area contributed by atoms with Crippen LogP contribution in [-0.4, -0.2) is 21.5 Å². The van der Waals surface area contributed by atoms with Gasteiger partial charge in [-0.3, -0.25) is 14.9 Å². The van der Waals surface area contributed by atoms with E-state index in [4.69, 9.17) is 10.5 Å². The Balaban J connectivity index is 2.21. The van der Waals surface area contributed by atoms with E-state index in [0.29, 0.717) is 23.7 Å². The number of nitro groups is 1. The Kier molecular flexibility index (Phi) is 4.90. The predicted octanol–water partition coefficient (Wildman–Crippen LogP) is 3.63. The standard InChI is InChI=1S/C17H15BrN4O4/c1-2-5-26-15-4-3-9(18)6-11(15)16-20-13-8-12(19)14(22(24)25)7-10(13)17(23)21-16/h3-4,6-8H,2,5,19H2,1H3,(H,20,21,23). The highest BCUT2D eigenvalue weighted by molar-refractivity contribution is 9.10. The molecule has 0 fully saturated rings. The topological polar surface area (TPSA) is 124 Å². The first-order chi connectivity index (χ1) is 12.4. The molecule has 3 N–H and O–H groups in total. The third-order valence-corrected chi connectivity index (χ3v) is 4.20. The number of nitrogens with two attached hydrogens (primary N) is 1. The number of nitro benzene ring substituents is 1. The number of aromatic amines is 1. The van der Waals surface area contributed by atoms with Gasteiger partial charge in [0.25, 0.3) is 11.2 Å². The summed E-state index contributed by atoms with van der Waals surface area (Å²) in [6, 6.07) is 7.86. The molecule has 0 unspecified atom stereocenters. The van der Waals surface area contributed by atoms with E-state index < -0.39 is 10.5 Å². The highest BCUT2D eigenvalue weighted by Crippen LogP contribution is 2.32. The molecule has 0 atom stereocenters. The Morgan fingerprint density at radius 3 is 2.81 bits per heavy atom. The molecule has 0 aliphatic heterocycles. The quantitative estimate of drug-likeness (QED) is 0.370. The molecule has 0 bridgehead atoms. The maximum atomic E-state index is 12.5. The van der Waals surface area contributed by atoms with Crippen molar-refractivity contribution in [2.45, 2.75) is 13.3 Å². The van der Waals surface area contributed by atoms with Gasteiger partial charge >= 0.3 is 0 Å². The second kappa shape index (κ2) is 7.12. The molecule has 134 valence electrons. The van der Waals surface area contributed by atoms with Gasteiger partial charge in [0.2, 0.25) is 0 Å². The minimum absolute atomic E-state index is 0.0525. The number of rotatable bonds is 5. The van der Waals surface area contributed by atoms with Crippen LogP contribution in [0, 0.1) is 10.1 Å². The Labute approximate surface area is 156 Å². The van der Waals surface area contributed by atoms with Crippen LogP contribution in [0.2, 0.25) is 0 Å². The molecule has 0 radical (unpaired) electrons. The van der Waals surface area contributed by atoms with Crippen LogP contribution in [-0.2, 0) is 0 Å². The lowest BCUT2D eigenvalue weighted by Gasteiger charge is -2.11. The zero-order valence-electron chi connectivity index (χ0n) is 13.8. The second-order valence-corrected chi connectivity index (χ2v) is 6.50. The summed E-state index contributed by atoms with van der Waals surface area (Å²) in [5.74, 6) is 0.871. The summed E-state index contributed by atoms with van der Waals surface area (Å²) in [6.45, 7) is 2.51. The fourth-order valence-corrected chi connectivity index (χ4v) is 2.86. The predicted molar refractivity (Wildman–Crippen MR) is 102 cm³/mol. The van der Waals surface area contributed by atoms with Gasteiger partial charge in [-0.2, -0.15) is 0 Å². The Hall–Kier alpha value is -2.94. The van der Waals surface area contributed by atoms with Crippen LogP contribution >= 0.6 is 15.9 Å². The second-order valence-electron chi connectivity index (χ2n) is 5.59. The SMILES string of the molecule is CCCOc1ccc(Br)cc1-c1nc2cc(N)c([N+](=O)[O-])cc2c(=O)[nH]1. The van der Waals surface area contributed by atoms with Crippen molar-refractivity contribution >= 4 is 38.2 Å². The minimum Gasteiger partial charge on any atom is -0.493 e. The van der Waals surface area contributed by atoms with Gasteiger partial charge in [-0.15, -0.1) is 0 Å². The normalized spacial score (nSPS) is 10.8. The van der Waals surface area contributed by atoms with E-state index in [2.05, 4.69) is 25.9 Å². The molecule has 8 nitrogen and oxygen atoms in total. The van der Waals surface area contributed by atoms with Crippen molar-refractivity contribution in [3.05, 3.63) is 55.3 Å². The number of aromatic nitrogens is 2. The third-order valence-electron chi connectivity index (χ3n) is 3.71. The molecule has 0 saturated carbocycles. The highest BCUT2D eigenvalue weighted by Gasteiger charge is 2.17. The number of fused-ring (bicyclic) bond motifs is 1. The number of nitrogen functional groups attached to an aromatic ring is 1. The number of anilines is 1. The number of benzene rings is 2. The molecule has 9 heteroatoms. The number of halogens is 1. The first-order valence-electron chi connectivity index (χ1n) is 7.81. The van der Waals surface area contributed by atoms with Crippen molar-refractivity contribution in [2.24, 2.45) is 0 Å². The monoisotopic (exact) mass is 418 g/mol. The molecule has 0 spiro atoms. The van der Waals surface area contributed by atoms with Crippen LogP contribution in [0.5, 0.6) is 5.75 Å². The lowest BCUT2D eigenvalue weighted by molar-refractivity contribution is -0.383. The van der Waals surface area contributed by atoms with Crippen molar-refractivity contribution in [2.75, 3.05) is 12.3 Å². The Morgan fingerprint density at radius 2 is 2.12 bits per heavy atom. The summed E-state index contributed by atoms with van der Waals surface area (Å²) in [5, 5.41) is 11.1. The molecule has 0 aliphatic carbocycles. The lowest BCUT2D eigenvalue weighted by atomic mass is 10.1. The summed E-state index contributed by atoms with van der Waals surface area (Å²) in [4.78, 5) is 29.9. The number of nitrogens with one attached hydrogen (secondary N) is 1. The molecule has 3 rings (SSSR count). The van der Waals surface area contributed by atoms with Gasteiger partial charge in [0.15, 0.2) is 0 Å². The summed E-state index contributed by atoms with van der Waals surface area (Å²) in [7, 11) is 0. The first-order valence-corrected chi connectivity index (χ1v) is 8.60. The van der Waals surface area contributed by atoms with Crippen molar-refractivity contribution in [3.63, 3.8) is 0 Å². The number of hydrogen-bond acceptors (Lipinski definition) is 6. The van der Waals surface area contributed by atoms with Gasteiger partial charge in [-0.25, -0.2) is 4.98 Å².